The van der Waals surface area contributed by atoms with Crippen molar-refractivity contribution in [2.45, 2.75) is 56.9 Å². The number of nitrogens with one attached hydrogen (secondary N) is 1. The molecule has 0 radical (unpaired) electrons. The zero-order valence-electron chi connectivity index (χ0n) is 13.9. The fourth-order valence-electron chi connectivity index (χ4n) is 4.34. The molecule has 2 aliphatic rings. The Hall–Kier alpha value is -1.35. The zero-order valence-corrected chi connectivity index (χ0v) is 13.9. The topological polar surface area (TPSA) is 32.3 Å². The number of likely N-dealkylation sites (N-methyl/N-ethyl adjacent to an activating group) is 1. The summed E-state index contributed by atoms with van der Waals surface area (Å²) >= 11 is 0. The number of hydrogen-bond acceptors (Lipinski definition) is 2. The van der Waals surface area contributed by atoms with Gasteiger partial charge >= 0.3 is 0 Å². The third-order valence-electron chi connectivity index (χ3n) is 5.68. The summed E-state index contributed by atoms with van der Waals surface area (Å²) in [5, 5.41) is 3.38. The molecule has 1 atom stereocenters. The minimum absolute atomic E-state index is 0.291. The van der Waals surface area contributed by atoms with Crippen LogP contribution in [0, 0.1) is 6.92 Å². The van der Waals surface area contributed by atoms with Gasteiger partial charge in [-0.3, -0.25) is 4.79 Å². The first-order valence-corrected chi connectivity index (χ1v) is 8.69. The maximum absolute atomic E-state index is 13.5. The van der Waals surface area contributed by atoms with Crippen molar-refractivity contribution in [3.8, 4) is 0 Å². The molecule has 120 valence electrons. The molecule has 1 unspecified atom stereocenters. The van der Waals surface area contributed by atoms with E-state index in [-0.39, 0.29) is 5.41 Å². The Kier molecular flexibility index (Phi) is 4.53. The quantitative estimate of drug-likeness (QED) is 0.930. The van der Waals surface area contributed by atoms with Crippen LogP contribution in [0.1, 0.15) is 49.7 Å². The number of carbonyl (C=O) groups is 1. The second kappa shape index (κ2) is 6.41. The summed E-state index contributed by atoms with van der Waals surface area (Å²) in [4.78, 5) is 15.5. The highest BCUT2D eigenvalue weighted by molar-refractivity contribution is 5.89. The molecule has 3 rings (SSSR count). The van der Waals surface area contributed by atoms with Crippen LogP contribution in [0.5, 0.6) is 0 Å². The zero-order chi connectivity index (χ0) is 15.6. The summed E-state index contributed by atoms with van der Waals surface area (Å²) in [5.41, 5.74) is 2.23. The van der Waals surface area contributed by atoms with Gasteiger partial charge in [-0.2, -0.15) is 0 Å². The lowest BCUT2D eigenvalue weighted by Crippen LogP contribution is -2.51. The van der Waals surface area contributed by atoms with E-state index in [4.69, 9.17) is 0 Å². The number of rotatable bonds is 3. The highest BCUT2D eigenvalue weighted by Crippen LogP contribution is 2.42. The van der Waals surface area contributed by atoms with Crippen molar-refractivity contribution in [3.05, 3.63) is 35.4 Å². The van der Waals surface area contributed by atoms with Gasteiger partial charge in [0.15, 0.2) is 0 Å². The van der Waals surface area contributed by atoms with E-state index in [1.165, 1.54) is 17.5 Å². The molecule has 1 aliphatic heterocycles. The summed E-state index contributed by atoms with van der Waals surface area (Å²) in [5.74, 6) is 0.343. The number of amides is 1. The number of carbonyl (C=O) groups excluding carboxylic acids is 1. The van der Waals surface area contributed by atoms with Crippen molar-refractivity contribution >= 4 is 5.91 Å². The molecule has 22 heavy (non-hydrogen) atoms. The van der Waals surface area contributed by atoms with Crippen molar-refractivity contribution in [2.24, 2.45) is 0 Å². The lowest BCUT2D eigenvalue weighted by molar-refractivity contribution is -0.139. The lowest BCUT2D eigenvalue weighted by atomic mass is 9.67. The molecular formula is C19H28N2O. The Morgan fingerprint density at radius 3 is 2.59 bits per heavy atom. The molecule has 2 fully saturated rings. The maximum atomic E-state index is 13.5. The highest BCUT2D eigenvalue weighted by atomic mass is 16.2. The molecule has 1 heterocycles. The third kappa shape index (κ3) is 2.67. The Morgan fingerprint density at radius 1 is 1.23 bits per heavy atom. The van der Waals surface area contributed by atoms with Crippen molar-refractivity contribution in [2.75, 3.05) is 20.1 Å². The van der Waals surface area contributed by atoms with Crippen LogP contribution in [-0.4, -0.2) is 37.0 Å². The predicted octanol–water partition coefficient (Wildman–Crippen LogP) is 3.02. The van der Waals surface area contributed by atoms with Gasteiger partial charge in [0.1, 0.15) is 0 Å². The van der Waals surface area contributed by atoms with E-state index < -0.39 is 0 Å². The van der Waals surface area contributed by atoms with Crippen LogP contribution in [-0.2, 0) is 10.2 Å². The highest BCUT2D eigenvalue weighted by Gasteiger charge is 2.44. The van der Waals surface area contributed by atoms with E-state index in [2.05, 4.69) is 36.5 Å². The van der Waals surface area contributed by atoms with Crippen LogP contribution in [0.4, 0.5) is 0 Å². The van der Waals surface area contributed by atoms with Crippen LogP contribution in [0.25, 0.3) is 0 Å². The first kappa shape index (κ1) is 15.5. The van der Waals surface area contributed by atoms with Crippen LogP contribution in [0.15, 0.2) is 24.3 Å². The van der Waals surface area contributed by atoms with Gasteiger partial charge in [-0.1, -0.05) is 43.5 Å². The summed E-state index contributed by atoms with van der Waals surface area (Å²) < 4.78 is 0. The minimum Gasteiger partial charge on any atom is -0.341 e. The summed E-state index contributed by atoms with van der Waals surface area (Å²) in [6, 6.07) is 8.85. The van der Waals surface area contributed by atoms with Gasteiger partial charge in [-0.15, -0.1) is 0 Å². The molecule has 1 amide bonds. The lowest BCUT2D eigenvalue weighted by Gasteiger charge is -2.41. The van der Waals surface area contributed by atoms with E-state index in [0.717, 1.165) is 45.2 Å². The minimum atomic E-state index is -0.291. The first-order valence-electron chi connectivity index (χ1n) is 8.69. The number of aryl methyl sites for hydroxylation is 1. The van der Waals surface area contributed by atoms with E-state index in [0.29, 0.717) is 11.9 Å². The monoisotopic (exact) mass is 300 g/mol. The largest absolute Gasteiger partial charge is 0.341 e. The van der Waals surface area contributed by atoms with Crippen LogP contribution < -0.4 is 5.32 Å². The molecule has 1 saturated heterocycles. The Morgan fingerprint density at radius 2 is 1.95 bits per heavy atom. The Labute approximate surface area is 134 Å². The van der Waals surface area contributed by atoms with Gasteiger partial charge < -0.3 is 10.2 Å². The smallest absolute Gasteiger partial charge is 0.233 e. The van der Waals surface area contributed by atoms with E-state index >= 15 is 0 Å². The van der Waals surface area contributed by atoms with Gasteiger partial charge in [-0.05, 0) is 43.9 Å². The van der Waals surface area contributed by atoms with Crippen molar-refractivity contribution in [3.63, 3.8) is 0 Å². The number of benzene rings is 1. The van der Waals surface area contributed by atoms with Crippen molar-refractivity contribution < 1.29 is 4.79 Å². The fraction of sp³-hybridized carbons (Fsp3) is 0.632. The van der Waals surface area contributed by atoms with E-state index in [1.807, 2.05) is 11.9 Å². The van der Waals surface area contributed by atoms with Gasteiger partial charge in [-0.25, -0.2) is 0 Å². The van der Waals surface area contributed by atoms with Gasteiger partial charge in [0.2, 0.25) is 5.91 Å². The standard InChI is InChI=1S/C19H28N2O/c1-15-8-4-5-9-17(15)19(11-6-3-7-12-19)18(22)21(2)16-10-13-20-14-16/h4-5,8-9,16,20H,3,6-7,10-14H2,1-2H3. The van der Waals surface area contributed by atoms with Crippen LogP contribution in [0.2, 0.25) is 0 Å². The fourth-order valence-corrected chi connectivity index (χ4v) is 4.34. The first-order chi connectivity index (χ1) is 10.6. The molecule has 1 saturated carbocycles. The summed E-state index contributed by atoms with van der Waals surface area (Å²) in [6.07, 6.45) is 6.66. The van der Waals surface area contributed by atoms with Crippen molar-refractivity contribution in [1.29, 1.82) is 0 Å². The molecule has 3 heteroatoms. The molecular weight excluding hydrogens is 272 g/mol. The molecule has 0 bridgehead atoms. The molecule has 1 aromatic rings. The molecule has 1 aromatic carbocycles. The predicted molar refractivity (Wildman–Crippen MR) is 90.0 cm³/mol. The third-order valence-corrected chi connectivity index (χ3v) is 5.68. The van der Waals surface area contributed by atoms with E-state index in [9.17, 15) is 4.79 Å². The maximum Gasteiger partial charge on any atom is 0.233 e. The molecule has 3 nitrogen and oxygen atoms in total. The molecule has 0 aromatic heterocycles. The summed E-state index contributed by atoms with van der Waals surface area (Å²) in [6.45, 7) is 4.11. The second-order valence-electron chi connectivity index (χ2n) is 7.02. The SMILES string of the molecule is Cc1ccccc1C1(C(=O)N(C)C2CCNC2)CCCCC1. The van der Waals surface area contributed by atoms with Crippen LogP contribution >= 0.6 is 0 Å². The molecule has 0 spiro atoms. The molecule has 1 N–H and O–H groups in total. The van der Waals surface area contributed by atoms with Gasteiger partial charge in [0.25, 0.3) is 0 Å². The van der Waals surface area contributed by atoms with Gasteiger partial charge in [0.05, 0.1) is 5.41 Å². The normalized spacial score (nSPS) is 24.2. The average molecular weight is 300 g/mol. The average Bonchev–Trinajstić information content (AvgIpc) is 3.09. The Balaban J connectivity index is 1.95. The van der Waals surface area contributed by atoms with Gasteiger partial charge in [0, 0.05) is 19.6 Å². The summed E-state index contributed by atoms with van der Waals surface area (Å²) in [7, 11) is 2.01. The van der Waals surface area contributed by atoms with Crippen molar-refractivity contribution in [1.82, 2.24) is 10.2 Å². The number of nitrogens with zero attached hydrogens (tertiary/aromatic N) is 1. The second-order valence-corrected chi connectivity index (χ2v) is 7.02. The van der Waals surface area contributed by atoms with E-state index in [1.54, 1.807) is 0 Å². The molecule has 1 aliphatic carbocycles. The Bertz CT molecular complexity index is 528. The number of hydrogen-bond donors (Lipinski definition) is 1. The van der Waals surface area contributed by atoms with Crippen LogP contribution in [0.3, 0.4) is 0 Å².